The highest BCUT2D eigenvalue weighted by Crippen LogP contribution is 2.38. The van der Waals surface area contributed by atoms with Gasteiger partial charge >= 0.3 is 0 Å². The van der Waals surface area contributed by atoms with E-state index < -0.39 is 5.54 Å². The molecule has 3 heterocycles. The van der Waals surface area contributed by atoms with Gasteiger partial charge in [0, 0.05) is 12.2 Å². The number of rotatable bonds is 5. The number of carbonyl (C=O) groups excluding carboxylic acids is 2. The SMILES string of the molecule is Cc1cccc(N2C(=O)c3ccc(-c4ccco4)n3C[C@@]2(C)C(=O)NCc2ccccc2)c1C. The van der Waals surface area contributed by atoms with Crippen molar-refractivity contribution < 1.29 is 14.0 Å². The second-order valence-electron chi connectivity index (χ2n) is 8.97. The fourth-order valence-corrected chi connectivity index (χ4v) is 4.68. The summed E-state index contributed by atoms with van der Waals surface area (Å²) in [6.45, 7) is 6.51. The molecule has 0 saturated carbocycles. The van der Waals surface area contributed by atoms with Crippen LogP contribution in [0.15, 0.2) is 83.5 Å². The van der Waals surface area contributed by atoms with E-state index in [-0.39, 0.29) is 11.8 Å². The summed E-state index contributed by atoms with van der Waals surface area (Å²) in [5, 5.41) is 3.07. The van der Waals surface area contributed by atoms with E-state index in [1.807, 2.05) is 92.1 Å². The van der Waals surface area contributed by atoms with Crippen LogP contribution in [0.4, 0.5) is 5.69 Å². The Morgan fingerprint density at radius 2 is 1.74 bits per heavy atom. The van der Waals surface area contributed by atoms with Crippen LogP contribution in [-0.2, 0) is 17.9 Å². The monoisotopic (exact) mass is 453 g/mol. The molecule has 2 amide bonds. The summed E-state index contributed by atoms with van der Waals surface area (Å²) in [6.07, 6.45) is 1.61. The van der Waals surface area contributed by atoms with Crippen molar-refractivity contribution in [1.29, 1.82) is 0 Å². The Balaban J connectivity index is 1.60. The first-order chi connectivity index (χ1) is 16.4. The number of carbonyl (C=O) groups is 2. The molecule has 0 bridgehead atoms. The molecular weight excluding hydrogens is 426 g/mol. The number of aromatic nitrogens is 1. The van der Waals surface area contributed by atoms with Gasteiger partial charge in [0.15, 0.2) is 0 Å². The lowest BCUT2D eigenvalue weighted by molar-refractivity contribution is -0.126. The fourth-order valence-electron chi connectivity index (χ4n) is 4.68. The van der Waals surface area contributed by atoms with Crippen LogP contribution in [0.2, 0.25) is 0 Å². The van der Waals surface area contributed by atoms with E-state index in [2.05, 4.69) is 5.32 Å². The predicted molar refractivity (Wildman–Crippen MR) is 132 cm³/mol. The summed E-state index contributed by atoms with van der Waals surface area (Å²) in [6, 6.07) is 23.0. The Kier molecular flexibility index (Phi) is 5.36. The lowest BCUT2D eigenvalue weighted by atomic mass is 9.92. The number of aryl methyl sites for hydroxylation is 1. The summed E-state index contributed by atoms with van der Waals surface area (Å²) in [5.41, 5.74) is 3.93. The molecule has 2 aromatic heterocycles. The molecule has 0 fully saturated rings. The fraction of sp³-hybridized carbons (Fsp3) is 0.214. The van der Waals surface area contributed by atoms with E-state index in [1.165, 1.54) is 0 Å². The zero-order chi connectivity index (χ0) is 23.9. The summed E-state index contributed by atoms with van der Waals surface area (Å²) in [4.78, 5) is 29.4. The molecule has 34 heavy (non-hydrogen) atoms. The topological polar surface area (TPSA) is 67.5 Å². The average molecular weight is 454 g/mol. The Bertz CT molecular complexity index is 1360. The zero-order valence-corrected chi connectivity index (χ0v) is 19.5. The number of furan rings is 1. The third-order valence-electron chi connectivity index (χ3n) is 6.74. The molecule has 1 aliphatic heterocycles. The van der Waals surface area contributed by atoms with Gasteiger partial charge in [-0.25, -0.2) is 0 Å². The molecule has 0 unspecified atom stereocenters. The van der Waals surface area contributed by atoms with Crippen LogP contribution in [0.5, 0.6) is 0 Å². The summed E-state index contributed by atoms with van der Waals surface area (Å²) in [5.74, 6) is 0.233. The summed E-state index contributed by atoms with van der Waals surface area (Å²) >= 11 is 0. The van der Waals surface area contributed by atoms with Gasteiger partial charge in [0.25, 0.3) is 5.91 Å². The summed E-state index contributed by atoms with van der Waals surface area (Å²) < 4.78 is 7.51. The van der Waals surface area contributed by atoms with Gasteiger partial charge in [0.1, 0.15) is 17.0 Å². The second-order valence-corrected chi connectivity index (χ2v) is 8.97. The number of nitrogens with zero attached hydrogens (tertiary/aromatic N) is 2. The minimum Gasteiger partial charge on any atom is -0.463 e. The molecule has 0 radical (unpaired) electrons. The van der Waals surface area contributed by atoms with Gasteiger partial charge in [0.2, 0.25) is 5.91 Å². The molecule has 0 aliphatic carbocycles. The number of hydrogen-bond donors (Lipinski definition) is 1. The highest BCUT2D eigenvalue weighted by atomic mass is 16.3. The Labute approximate surface area is 198 Å². The van der Waals surface area contributed by atoms with Gasteiger partial charge < -0.3 is 14.3 Å². The maximum atomic E-state index is 14.0. The molecule has 5 rings (SSSR count). The van der Waals surface area contributed by atoms with Crippen molar-refractivity contribution in [3.63, 3.8) is 0 Å². The molecule has 0 saturated heterocycles. The Hall–Kier alpha value is -4.06. The minimum atomic E-state index is -1.15. The van der Waals surface area contributed by atoms with Gasteiger partial charge in [-0.2, -0.15) is 0 Å². The van der Waals surface area contributed by atoms with Crippen LogP contribution >= 0.6 is 0 Å². The van der Waals surface area contributed by atoms with Crippen molar-refractivity contribution >= 4 is 17.5 Å². The number of anilines is 1. The predicted octanol–water partition coefficient (Wildman–Crippen LogP) is 5.10. The van der Waals surface area contributed by atoms with E-state index in [4.69, 9.17) is 4.42 Å². The third-order valence-corrected chi connectivity index (χ3v) is 6.74. The Morgan fingerprint density at radius 3 is 2.47 bits per heavy atom. The minimum absolute atomic E-state index is 0.213. The molecule has 6 nitrogen and oxygen atoms in total. The molecule has 0 spiro atoms. The van der Waals surface area contributed by atoms with Gasteiger partial charge in [-0.05, 0) is 67.8 Å². The van der Waals surface area contributed by atoms with Crippen LogP contribution in [0.1, 0.15) is 34.1 Å². The second kappa shape index (κ2) is 8.37. The standard InChI is InChI=1S/C28H27N3O3/c1-19-9-7-12-22(20(19)2)31-26(32)24-15-14-23(25-13-8-16-34-25)30(24)18-28(31,3)27(33)29-17-21-10-5-4-6-11-21/h4-16H,17-18H2,1-3H3,(H,29,33)/t28-/m0/s1. The van der Waals surface area contributed by atoms with E-state index in [9.17, 15) is 9.59 Å². The molecule has 6 heteroatoms. The highest BCUT2D eigenvalue weighted by molar-refractivity contribution is 6.12. The van der Waals surface area contributed by atoms with Crippen molar-refractivity contribution in [2.24, 2.45) is 0 Å². The van der Waals surface area contributed by atoms with Crippen LogP contribution in [0.25, 0.3) is 11.5 Å². The normalized spacial score (nSPS) is 17.5. The van der Waals surface area contributed by atoms with Gasteiger partial charge in [-0.3, -0.25) is 14.5 Å². The maximum Gasteiger partial charge on any atom is 0.275 e. The lowest BCUT2D eigenvalue weighted by Gasteiger charge is -2.44. The molecule has 2 aromatic carbocycles. The number of fused-ring (bicyclic) bond motifs is 1. The number of amides is 2. The van der Waals surface area contributed by atoms with Gasteiger partial charge in [-0.15, -0.1) is 0 Å². The van der Waals surface area contributed by atoms with Crippen molar-refractivity contribution in [2.45, 2.75) is 39.4 Å². The third kappa shape index (κ3) is 3.52. The van der Waals surface area contributed by atoms with E-state index in [1.54, 1.807) is 17.2 Å². The van der Waals surface area contributed by atoms with E-state index in [0.29, 0.717) is 24.5 Å². The van der Waals surface area contributed by atoms with Crippen LogP contribution in [0.3, 0.4) is 0 Å². The molecule has 1 N–H and O–H groups in total. The number of nitrogens with one attached hydrogen (secondary N) is 1. The van der Waals surface area contributed by atoms with Crippen molar-refractivity contribution in [1.82, 2.24) is 9.88 Å². The van der Waals surface area contributed by atoms with E-state index >= 15 is 0 Å². The number of hydrogen-bond acceptors (Lipinski definition) is 3. The smallest absolute Gasteiger partial charge is 0.275 e. The van der Waals surface area contributed by atoms with Crippen molar-refractivity contribution in [3.05, 3.63) is 101 Å². The first kappa shape index (κ1) is 21.8. The van der Waals surface area contributed by atoms with Gasteiger partial charge in [0.05, 0.1) is 18.5 Å². The van der Waals surface area contributed by atoms with E-state index in [0.717, 1.165) is 28.1 Å². The van der Waals surface area contributed by atoms with Crippen LogP contribution in [0, 0.1) is 13.8 Å². The molecule has 4 aromatic rings. The molecule has 172 valence electrons. The number of benzene rings is 2. The lowest BCUT2D eigenvalue weighted by Crippen LogP contribution is -2.64. The summed E-state index contributed by atoms with van der Waals surface area (Å²) in [7, 11) is 0. The molecular formula is C28H27N3O3. The van der Waals surface area contributed by atoms with Gasteiger partial charge in [-0.1, -0.05) is 42.5 Å². The molecule has 1 aliphatic rings. The van der Waals surface area contributed by atoms with Crippen LogP contribution in [-0.4, -0.2) is 21.9 Å². The quantitative estimate of drug-likeness (QED) is 0.457. The van der Waals surface area contributed by atoms with Crippen molar-refractivity contribution in [2.75, 3.05) is 4.90 Å². The first-order valence-corrected chi connectivity index (χ1v) is 11.4. The van der Waals surface area contributed by atoms with Crippen molar-refractivity contribution in [3.8, 4) is 11.5 Å². The zero-order valence-electron chi connectivity index (χ0n) is 19.5. The first-order valence-electron chi connectivity index (χ1n) is 11.4. The highest BCUT2D eigenvalue weighted by Gasteiger charge is 2.49. The largest absolute Gasteiger partial charge is 0.463 e. The maximum absolute atomic E-state index is 14.0. The Morgan fingerprint density at radius 1 is 0.971 bits per heavy atom. The molecule has 1 atom stereocenters. The van der Waals surface area contributed by atoms with Crippen LogP contribution < -0.4 is 10.2 Å². The average Bonchev–Trinajstić information content (AvgIpc) is 3.51.